The predicted octanol–water partition coefficient (Wildman–Crippen LogP) is 3.86. The van der Waals surface area contributed by atoms with Gasteiger partial charge in [0.1, 0.15) is 5.75 Å². The minimum Gasteiger partial charge on any atom is -0.494 e. The molecular weight excluding hydrogens is 354 g/mol. The molecule has 0 N–H and O–H groups in total. The van der Waals surface area contributed by atoms with E-state index in [-0.39, 0.29) is 5.91 Å². The molecule has 0 radical (unpaired) electrons. The molecule has 0 aliphatic carbocycles. The predicted molar refractivity (Wildman–Crippen MR) is 106 cm³/mol. The zero-order chi connectivity index (χ0) is 19.0. The van der Waals surface area contributed by atoms with E-state index in [0.717, 1.165) is 22.4 Å². The molecule has 142 valence electrons. The number of hydrogen-bond acceptors (Lipinski definition) is 4. The van der Waals surface area contributed by atoms with E-state index >= 15 is 0 Å². The zero-order valence-corrected chi connectivity index (χ0v) is 15.5. The fourth-order valence-electron chi connectivity index (χ4n) is 3.97. The van der Waals surface area contributed by atoms with E-state index in [0.29, 0.717) is 32.8 Å². The van der Waals surface area contributed by atoms with Gasteiger partial charge in [0.05, 0.1) is 25.5 Å². The van der Waals surface area contributed by atoms with Crippen molar-refractivity contribution in [3.8, 4) is 5.75 Å². The van der Waals surface area contributed by atoms with Gasteiger partial charge < -0.3 is 19.1 Å². The van der Waals surface area contributed by atoms with Crippen molar-refractivity contribution in [3.05, 3.63) is 72.3 Å². The molecule has 2 aliphatic heterocycles. The molecule has 28 heavy (non-hydrogen) atoms. The third-order valence-electron chi connectivity index (χ3n) is 5.29. The highest BCUT2D eigenvalue weighted by molar-refractivity contribution is 6.06. The third-order valence-corrected chi connectivity index (χ3v) is 5.29. The lowest BCUT2D eigenvalue weighted by atomic mass is 10.1. The first kappa shape index (κ1) is 17.2. The quantitative estimate of drug-likeness (QED) is 0.636. The van der Waals surface area contributed by atoms with Crippen molar-refractivity contribution in [2.75, 3.05) is 31.3 Å². The van der Waals surface area contributed by atoms with E-state index in [1.54, 1.807) is 4.90 Å². The van der Waals surface area contributed by atoms with E-state index in [2.05, 4.69) is 18.2 Å². The van der Waals surface area contributed by atoms with Crippen LogP contribution in [0.15, 0.2) is 66.7 Å². The Balaban J connectivity index is 1.26. The standard InChI is InChI=1S/C23H21NO4/c25-22-23(27-14-15-28-23)20-8-3-4-9-21(20)24(22)12-5-13-26-19-11-10-17-6-1-2-7-18(17)16-19/h1-4,6-11,16H,5,12-15H2. The fourth-order valence-corrected chi connectivity index (χ4v) is 3.97. The molecular formula is C23H21NO4. The van der Waals surface area contributed by atoms with E-state index in [1.165, 1.54) is 5.39 Å². The van der Waals surface area contributed by atoms with Crippen molar-refractivity contribution in [1.82, 2.24) is 0 Å². The molecule has 0 bridgehead atoms. The SMILES string of the molecule is O=C1N(CCCOc2ccc3ccccc3c2)c2ccccc2C12OCCO2. The summed E-state index contributed by atoms with van der Waals surface area (Å²) in [5.74, 6) is -0.557. The van der Waals surface area contributed by atoms with E-state index < -0.39 is 5.79 Å². The van der Waals surface area contributed by atoms with Crippen LogP contribution in [0.25, 0.3) is 10.8 Å². The molecule has 2 heterocycles. The minimum atomic E-state index is -1.25. The Bertz CT molecular complexity index is 1030. The molecule has 2 aliphatic rings. The molecule has 3 aromatic rings. The third kappa shape index (κ3) is 2.75. The van der Waals surface area contributed by atoms with Crippen LogP contribution < -0.4 is 9.64 Å². The Labute approximate surface area is 163 Å². The van der Waals surface area contributed by atoms with Gasteiger partial charge in [-0.2, -0.15) is 0 Å². The van der Waals surface area contributed by atoms with Crippen molar-refractivity contribution >= 4 is 22.4 Å². The molecule has 1 amide bonds. The second kappa shape index (κ2) is 6.93. The summed E-state index contributed by atoms with van der Waals surface area (Å²) in [6, 6.07) is 22.0. The monoisotopic (exact) mass is 375 g/mol. The molecule has 0 saturated carbocycles. The molecule has 5 rings (SSSR count). The van der Waals surface area contributed by atoms with Crippen LogP contribution in [-0.2, 0) is 20.1 Å². The van der Waals surface area contributed by atoms with Gasteiger partial charge in [-0.15, -0.1) is 0 Å². The maximum atomic E-state index is 13.0. The minimum absolute atomic E-state index is 0.142. The van der Waals surface area contributed by atoms with Gasteiger partial charge in [-0.05, 0) is 35.4 Å². The fraction of sp³-hybridized carbons (Fsp3) is 0.261. The van der Waals surface area contributed by atoms with Gasteiger partial charge in [0.25, 0.3) is 11.7 Å². The summed E-state index contributed by atoms with van der Waals surface area (Å²) in [7, 11) is 0. The number of nitrogens with zero attached hydrogens (tertiary/aromatic N) is 1. The summed E-state index contributed by atoms with van der Waals surface area (Å²) in [5.41, 5.74) is 1.66. The molecule has 0 atom stereocenters. The van der Waals surface area contributed by atoms with Crippen LogP contribution in [0.4, 0.5) is 5.69 Å². The largest absolute Gasteiger partial charge is 0.494 e. The van der Waals surface area contributed by atoms with Crippen LogP contribution >= 0.6 is 0 Å². The summed E-state index contributed by atoms with van der Waals surface area (Å²) >= 11 is 0. The van der Waals surface area contributed by atoms with Crippen molar-refractivity contribution in [3.63, 3.8) is 0 Å². The van der Waals surface area contributed by atoms with Gasteiger partial charge in [-0.1, -0.05) is 48.5 Å². The summed E-state index contributed by atoms with van der Waals surface area (Å²) in [4.78, 5) is 14.8. The van der Waals surface area contributed by atoms with Crippen LogP contribution in [0.5, 0.6) is 5.75 Å². The number of ether oxygens (including phenoxy) is 3. The highest BCUT2D eigenvalue weighted by Crippen LogP contribution is 2.45. The number of hydrogen-bond donors (Lipinski definition) is 0. The van der Waals surface area contributed by atoms with Gasteiger partial charge in [-0.25, -0.2) is 0 Å². The second-order valence-electron chi connectivity index (χ2n) is 7.00. The van der Waals surface area contributed by atoms with Crippen molar-refractivity contribution in [2.45, 2.75) is 12.2 Å². The molecule has 1 fully saturated rings. The van der Waals surface area contributed by atoms with Gasteiger partial charge in [-0.3, -0.25) is 4.79 Å². The first-order valence-corrected chi connectivity index (χ1v) is 9.59. The normalized spacial score (nSPS) is 17.4. The Morgan fingerprint density at radius 2 is 1.68 bits per heavy atom. The number of fused-ring (bicyclic) bond motifs is 3. The molecule has 5 nitrogen and oxygen atoms in total. The summed E-state index contributed by atoms with van der Waals surface area (Å²) in [6.45, 7) is 1.94. The number of benzene rings is 3. The van der Waals surface area contributed by atoms with Gasteiger partial charge in [0, 0.05) is 12.1 Å². The molecule has 5 heteroatoms. The Morgan fingerprint density at radius 1 is 0.929 bits per heavy atom. The molecule has 0 unspecified atom stereocenters. The highest BCUT2D eigenvalue weighted by Gasteiger charge is 2.55. The highest BCUT2D eigenvalue weighted by atomic mass is 16.7. The second-order valence-corrected chi connectivity index (χ2v) is 7.00. The molecule has 0 aromatic heterocycles. The number of anilines is 1. The summed E-state index contributed by atoms with van der Waals surface area (Å²) < 4.78 is 17.4. The molecule has 1 spiro atoms. The van der Waals surface area contributed by atoms with Crippen LogP contribution in [-0.4, -0.2) is 32.3 Å². The van der Waals surface area contributed by atoms with Crippen LogP contribution in [0.2, 0.25) is 0 Å². The summed E-state index contributed by atoms with van der Waals surface area (Å²) in [6.07, 6.45) is 0.711. The molecule has 1 saturated heterocycles. The van der Waals surface area contributed by atoms with Gasteiger partial charge >= 0.3 is 0 Å². The van der Waals surface area contributed by atoms with E-state index in [4.69, 9.17) is 14.2 Å². The van der Waals surface area contributed by atoms with Crippen molar-refractivity contribution in [2.24, 2.45) is 0 Å². The lowest BCUT2D eigenvalue weighted by Gasteiger charge is -2.22. The Morgan fingerprint density at radius 3 is 2.54 bits per heavy atom. The van der Waals surface area contributed by atoms with Crippen LogP contribution in [0.3, 0.4) is 0 Å². The van der Waals surface area contributed by atoms with Crippen LogP contribution in [0, 0.1) is 0 Å². The number of rotatable bonds is 5. The van der Waals surface area contributed by atoms with Gasteiger partial charge in [0.2, 0.25) is 0 Å². The van der Waals surface area contributed by atoms with Gasteiger partial charge in [0.15, 0.2) is 0 Å². The number of carbonyl (C=O) groups is 1. The average Bonchev–Trinajstić information content (AvgIpc) is 3.32. The Hall–Kier alpha value is -2.89. The Kier molecular flexibility index (Phi) is 4.26. The topological polar surface area (TPSA) is 48.0 Å². The smallest absolute Gasteiger partial charge is 0.292 e. The number of para-hydroxylation sites is 1. The maximum absolute atomic E-state index is 13.0. The lowest BCUT2D eigenvalue weighted by Crippen LogP contribution is -2.41. The van der Waals surface area contributed by atoms with Crippen LogP contribution in [0.1, 0.15) is 12.0 Å². The van der Waals surface area contributed by atoms with E-state index in [1.807, 2.05) is 48.5 Å². The van der Waals surface area contributed by atoms with E-state index in [9.17, 15) is 4.79 Å². The lowest BCUT2D eigenvalue weighted by molar-refractivity contribution is -0.180. The zero-order valence-electron chi connectivity index (χ0n) is 15.5. The van der Waals surface area contributed by atoms with Crippen molar-refractivity contribution in [1.29, 1.82) is 0 Å². The first-order valence-electron chi connectivity index (χ1n) is 9.59. The summed E-state index contributed by atoms with van der Waals surface area (Å²) in [5, 5.41) is 2.34. The maximum Gasteiger partial charge on any atom is 0.292 e. The number of carbonyl (C=O) groups excluding carboxylic acids is 1. The number of amides is 1. The average molecular weight is 375 g/mol. The molecule has 3 aromatic carbocycles. The first-order chi connectivity index (χ1) is 13.8. The van der Waals surface area contributed by atoms with Crippen molar-refractivity contribution < 1.29 is 19.0 Å².